The first-order valence-electron chi connectivity index (χ1n) is 9.98. The van der Waals surface area contributed by atoms with Crippen molar-refractivity contribution in [1.82, 2.24) is 4.90 Å². The standard InChI is InChI=1S/C22H26Cl2N2O4/c1-2-22(28)25-20-5-3-4-6-21(20)29-14-15(27)12-26-10-9-17(13-26)30-16-7-8-18(23)19(24)11-16/h3-8,11,15,17,27H,2,9-10,12-14H2,1H3,(H,25,28). The lowest BCUT2D eigenvalue weighted by atomic mass is 10.2. The van der Waals surface area contributed by atoms with Gasteiger partial charge in [0.05, 0.1) is 15.7 Å². The number of carbonyl (C=O) groups excluding carboxylic acids is 1. The molecule has 0 aliphatic carbocycles. The summed E-state index contributed by atoms with van der Waals surface area (Å²) in [5, 5.41) is 14.2. The van der Waals surface area contributed by atoms with Gasteiger partial charge in [-0.2, -0.15) is 0 Å². The molecule has 1 aliphatic rings. The zero-order chi connectivity index (χ0) is 21.5. The highest BCUT2D eigenvalue weighted by atomic mass is 35.5. The number of ether oxygens (including phenoxy) is 2. The number of carbonyl (C=O) groups is 1. The van der Waals surface area contributed by atoms with Crippen molar-refractivity contribution < 1.29 is 19.4 Å². The van der Waals surface area contributed by atoms with Crippen LogP contribution in [0.2, 0.25) is 10.0 Å². The molecule has 2 atom stereocenters. The topological polar surface area (TPSA) is 71.0 Å². The summed E-state index contributed by atoms with van der Waals surface area (Å²) in [6.07, 6.45) is 0.612. The molecule has 3 rings (SSSR count). The normalized spacial score (nSPS) is 17.5. The first-order valence-corrected chi connectivity index (χ1v) is 10.7. The molecule has 1 fully saturated rings. The predicted molar refractivity (Wildman–Crippen MR) is 119 cm³/mol. The third-order valence-electron chi connectivity index (χ3n) is 4.81. The zero-order valence-corrected chi connectivity index (χ0v) is 18.3. The molecule has 0 bridgehead atoms. The summed E-state index contributed by atoms with van der Waals surface area (Å²) in [5.74, 6) is 1.14. The zero-order valence-electron chi connectivity index (χ0n) is 16.8. The maximum Gasteiger partial charge on any atom is 0.224 e. The van der Waals surface area contributed by atoms with Crippen LogP contribution in [0.25, 0.3) is 0 Å². The molecule has 0 radical (unpaired) electrons. The van der Waals surface area contributed by atoms with Crippen molar-refractivity contribution in [3.8, 4) is 11.5 Å². The van der Waals surface area contributed by atoms with Gasteiger partial charge in [0.1, 0.15) is 30.3 Å². The van der Waals surface area contributed by atoms with Gasteiger partial charge in [-0.15, -0.1) is 0 Å². The lowest BCUT2D eigenvalue weighted by molar-refractivity contribution is -0.115. The van der Waals surface area contributed by atoms with Crippen LogP contribution in [0.5, 0.6) is 11.5 Å². The van der Waals surface area contributed by atoms with Crippen LogP contribution in [0.1, 0.15) is 19.8 Å². The second-order valence-electron chi connectivity index (χ2n) is 7.23. The Morgan fingerprint density at radius 2 is 2.07 bits per heavy atom. The molecule has 162 valence electrons. The fraction of sp³-hybridized carbons (Fsp3) is 0.409. The Bertz CT molecular complexity index is 865. The third kappa shape index (κ3) is 6.51. The van der Waals surface area contributed by atoms with Crippen LogP contribution in [-0.2, 0) is 4.79 Å². The Balaban J connectivity index is 1.45. The summed E-state index contributed by atoms with van der Waals surface area (Å²) < 4.78 is 11.7. The quantitative estimate of drug-likeness (QED) is 0.595. The molecular formula is C22H26Cl2N2O4. The Morgan fingerprint density at radius 3 is 2.83 bits per heavy atom. The number of halogens is 2. The van der Waals surface area contributed by atoms with Crippen LogP contribution in [0.4, 0.5) is 5.69 Å². The molecule has 0 aromatic heterocycles. The van der Waals surface area contributed by atoms with Gasteiger partial charge in [0.15, 0.2) is 0 Å². The number of β-amino-alcohol motifs (C(OH)–C–C–N with tert-alkyl or cyclic N) is 1. The van der Waals surface area contributed by atoms with Crippen LogP contribution in [-0.4, -0.2) is 54.4 Å². The highest BCUT2D eigenvalue weighted by molar-refractivity contribution is 6.42. The molecule has 0 spiro atoms. The van der Waals surface area contributed by atoms with E-state index in [2.05, 4.69) is 10.2 Å². The molecule has 2 aromatic rings. The summed E-state index contributed by atoms with van der Waals surface area (Å²) >= 11 is 12.0. The van der Waals surface area contributed by atoms with E-state index in [1.54, 1.807) is 37.3 Å². The van der Waals surface area contributed by atoms with E-state index in [1.807, 2.05) is 12.1 Å². The SMILES string of the molecule is CCC(=O)Nc1ccccc1OCC(O)CN1CCC(Oc2ccc(Cl)c(Cl)c2)C1. The molecule has 0 saturated carbocycles. The minimum Gasteiger partial charge on any atom is -0.489 e. The summed E-state index contributed by atoms with van der Waals surface area (Å²) in [5.41, 5.74) is 0.604. The van der Waals surface area contributed by atoms with E-state index in [1.165, 1.54) is 0 Å². The Labute approximate surface area is 186 Å². The first kappa shape index (κ1) is 22.7. The summed E-state index contributed by atoms with van der Waals surface area (Å²) in [7, 11) is 0. The minimum atomic E-state index is -0.663. The van der Waals surface area contributed by atoms with E-state index < -0.39 is 6.10 Å². The monoisotopic (exact) mass is 452 g/mol. The number of nitrogens with zero attached hydrogens (tertiary/aromatic N) is 1. The number of anilines is 1. The maximum absolute atomic E-state index is 11.7. The van der Waals surface area contributed by atoms with Gasteiger partial charge in [-0.3, -0.25) is 9.69 Å². The van der Waals surface area contributed by atoms with Crippen LogP contribution in [0.15, 0.2) is 42.5 Å². The highest BCUT2D eigenvalue weighted by Crippen LogP contribution is 2.28. The molecule has 30 heavy (non-hydrogen) atoms. The molecule has 1 amide bonds. The van der Waals surface area contributed by atoms with Crippen LogP contribution < -0.4 is 14.8 Å². The van der Waals surface area contributed by atoms with Gasteiger partial charge in [0.25, 0.3) is 0 Å². The number of amides is 1. The van der Waals surface area contributed by atoms with Crippen LogP contribution in [0.3, 0.4) is 0 Å². The number of hydrogen-bond donors (Lipinski definition) is 2. The van der Waals surface area contributed by atoms with Gasteiger partial charge >= 0.3 is 0 Å². The molecule has 1 saturated heterocycles. The fourth-order valence-electron chi connectivity index (χ4n) is 3.27. The van der Waals surface area contributed by atoms with Gasteiger partial charge in [-0.05, 0) is 30.7 Å². The fourth-order valence-corrected chi connectivity index (χ4v) is 3.56. The van der Waals surface area contributed by atoms with Gasteiger partial charge < -0.3 is 19.9 Å². The van der Waals surface area contributed by atoms with Crippen molar-refractivity contribution >= 4 is 34.8 Å². The van der Waals surface area contributed by atoms with E-state index in [0.29, 0.717) is 46.7 Å². The van der Waals surface area contributed by atoms with Crippen LogP contribution >= 0.6 is 23.2 Å². The molecular weight excluding hydrogens is 427 g/mol. The number of benzene rings is 2. The highest BCUT2D eigenvalue weighted by Gasteiger charge is 2.26. The number of aliphatic hydroxyl groups excluding tert-OH is 1. The largest absolute Gasteiger partial charge is 0.489 e. The third-order valence-corrected chi connectivity index (χ3v) is 5.54. The summed E-state index contributed by atoms with van der Waals surface area (Å²) in [6, 6.07) is 12.4. The van der Waals surface area contributed by atoms with Gasteiger partial charge in [-0.1, -0.05) is 42.3 Å². The Morgan fingerprint density at radius 1 is 1.27 bits per heavy atom. The summed E-state index contributed by atoms with van der Waals surface area (Å²) in [6.45, 7) is 3.93. The van der Waals surface area contributed by atoms with E-state index in [4.69, 9.17) is 32.7 Å². The second-order valence-corrected chi connectivity index (χ2v) is 8.04. The number of likely N-dealkylation sites (tertiary alicyclic amines) is 1. The van der Waals surface area contributed by atoms with E-state index >= 15 is 0 Å². The van der Waals surface area contributed by atoms with Crippen LogP contribution in [0, 0.1) is 0 Å². The Hall–Kier alpha value is -1.99. The van der Waals surface area contributed by atoms with Crippen molar-refractivity contribution in [3.63, 3.8) is 0 Å². The van der Waals surface area contributed by atoms with E-state index in [0.717, 1.165) is 13.0 Å². The molecule has 1 heterocycles. The molecule has 2 aromatic carbocycles. The number of hydrogen-bond acceptors (Lipinski definition) is 5. The number of rotatable bonds is 9. The smallest absolute Gasteiger partial charge is 0.224 e. The summed E-state index contributed by atoms with van der Waals surface area (Å²) in [4.78, 5) is 13.8. The maximum atomic E-state index is 11.7. The van der Waals surface area contributed by atoms with Gasteiger partial charge in [0, 0.05) is 32.1 Å². The van der Waals surface area contributed by atoms with Crippen molar-refractivity contribution in [2.45, 2.75) is 32.0 Å². The number of para-hydroxylation sites is 2. The van der Waals surface area contributed by atoms with Crippen molar-refractivity contribution in [1.29, 1.82) is 0 Å². The average molecular weight is 453 g/mol. The molecule has 1 aliphatic heterocycles. The van der Waals surface area contributed by atoms with Crippen molar-refractivity contribution in [2.75, 3.05) is 31.6 Å². The van der Waals surface area contributed by atoms with Crippen molar-refractivity contribution in [2.24, 2.45) is 0 Å². The van der Waals surface area contributed by atoms with Crippen molar-refractivity contribution in [3.05, 3.63) is 52.5 Å². The Kier molecular flexibility index (Phi) is 8.22. The minimum absolute atomic E-state index is 0.0281. The van der Waals surface area contributed by atoms with E-state index in [-0.39, 0.29) is 18.6 Å². The predicted octanol–water partition coefficient (Wildman–Crippen LogP) is 4.23. The second kappa shape index (κ2) is 10.9. The molecule has 6 nitrogen and oxygen atoms in total. The lowest BCUT2D eigenvalue weighted by Gasteiger charge is -2.21. The van der Waals surface area contributed by atoms with Gasteiger partial charge in [0.2, 0.25) is 5.91 Å². The molecule has 2 unspecified atom stereocenters. The van der Waals surface area contributed by atoms with E-state index in [9.17, 15) is 9.90 Å². The number of nitrogens with one attached hydrogen (secondary N) is 1. The average Bonchev–Trinajstić information content (AvgIpc) is 3.16. The first-order chi connectivity index (χ1) is 14.4. The molecule has 2 N–H and O–H groups in total. The lowest BCUT2D eigenvalue weighted by Crippen LogP contribution is -2.35. The number of aliphatic hydroxyl groups is 1. The van der Waals surface area contributed by atoms with Gasteiger partial charge in [-0.25, -0.2) is 0 Å². The molecule has 8 heteroatoms.